The van der Waals surface area contributed by atoms with Crippen molar-refractivity contribution in [2.24, 2.45) is 5.41 Å². The van der Waals surface area contributed by atoms with Crippen LogP contribution in [0.5, 0.6) is 0 Å². The molecule has 0 bridgehead atoms. The van der Waals surface area contributed by atoms with Crippen molar-refractivity contribution in [3.05, 3.63) is 0 Å². The van der Waals surface area contributed by atoms with Crippen molar-refractivity contribution in [1.82, 2.24) is 5.32 Å². The Kier molecular flexibility index (Phi) is 4.18. The predicted molar refractivity (Wildman–Crippen MR) is 60.5 cm³/mol. The second-order valence-electron chi connectivity index (χ2n) is 4.57. The number of hydrogen-bond donors (Lipinski definition) is 2. The van der Waals surface area contributed by atoms with Gasteiger partial charge in [-0.25, -0.2) is 0 Å². The van der Waals surface area contributed by atoms with Gasteiger partial charge in [-0.15, -0.1) is 0 Å². The number of hydrogen-bond acceptors (Lipinski definition) is 3. The van der Waals surface area contributed by atoms with Gasteiger partial charge in [-0.05, 0) is 34.6 Å². The van der Waals surface area contributed by atoms with Crippen molar-refractivity contribution in [3.63, 3.8) is 0 Å². The first kappa shape index (κ1) is 13.5. The van der Waals surface area contributed by atoms with Gasteiger partial charge in [-0.2, -0.15) is 12.6 Å². The average Bonchev–Trinajstić information content (AvgIpc) is 1.97. The van der Waals surface area contributed by atoms with Crippen molar-refractivity contribution in [3.8, 4) is 0 Å². The lowest BCUT2D eigenvalue weighted by molar-refractivity contribution is -0.132. The average molecular weight is 217 g/mol. The molecule has 1 amide bonds. The number of thiol groups is 1. The van der Waals surface area contributed by atoms with Crippen LogP contribution in [0.2, 0.25) is 0 Å². The van der Waals surface area contributed by atoms with E-state index in [1.54, 1.807) is 0 Å². The van der Waals surface area contributed by atoms with Crippen LogP contribution >= 0.6 is 12.6 Å². The fourth-order valence-electron chi connectivity index (χ4n) is 0.704. The van der Waals surface area contributed by atoms with E-state index < -0.39 is 10.2 Å². The zero-order valence-corrected chi connectivity index (χ0v) is 10.4. The third kappa shape index (κ3) is 3.33. The summed E-state index contributed by atoms with van der Waals surface area (Å²) in [6.07, 6.45) is 0. The SMILES string of the molecule is CC(=O)CNC(=O)C(C)(C)C(C)(C)S. The first-order valence-electron chi connectivity index (χ1n) is 4.59. The minimum atomic E-state index is -0.606. The topological polar surface area (TPSA) is 46.2 Å². The normalized spacial score (nSPS) is 12.4. The van der Waals surface area contributed by atoms with Crippen LogP contribution < -0.4 is 5.32 Å². The molecule has 3 nitrogen and oxygen atoms in total. The predicted octanol–water partition coefficient (Wildman–Crippen LogP) is 1.43. The Bertz CT molecular complexity index is 241. The van der Waals surface area contributed by atoms with Gasteiger partial charge in [-0.3, -0.25) is 9.59 Å². The van der Waals surface area contributed by atoms with Crippen molar-refractivity contribution in [2.45, 2.75) is 39.4 Å². The zero-order valence-electron chi connectivity index (χ0n) is 9.47. The van der Waals surface area contributed by atoms with Gasteiger partial charge in [0, 0.05) is 4.75 Å². The minimum Gasteiger partial charge on any atom is -0.349 e. The molecule has 0 spiro atoms. The molecule has 0 fully saturated rings. The van der Waals surface area contributed by atoms with Gasteiger partial charge in [0.2, 0.25) is 5.91 Å². The standard InChI is InChI=1S/C10H19NO2S/c1-7(12)6-11-8(13)9(2,3)10(4,5)14/h14H,6H2,1-5H3,(H,11,13). The smallest absolute Gasteiger partial charge is 0.227 e. The molecule has 1 N–H and O–H groups in total. The van der Waals surface area contributed by atoms with Gasteiger partial charge in [0.15, 0.2) is 0 Å². The zero-order chi connectivity index (χ0) is 11.6. The molecule has 0 aliphatic rings. The van der Waals surface area contributed by atoms with Crippen LogP contribution in [0.25, 0.3) is 0 Å². The van der Waals surface area contributed by atoms with Crippen molar-refractivity contribution in [1.29, 1.82) is 0 Å². The third-order valence-electron chi connectivity index (χ3n) is 2.60. The van der Waals surface area contributed by atoms with Crippen LogP contribution in [0.15, 0.2) is 0 Å². The largest absolute Gasteiger partial charge is 0.349 e. The van der Waals surface area contributed by atoms with Gasteiger partial charge >= 0.3 is 0 Å². The van der Waals surface area contributed by atoms with E-state index in [1.807, 2.05) is 27.7 Å². The summed E-state index contributed by atoms with van der Waals surface area (Å²) in [5.41, 5.74) is -0.606. The van der Waals surface area contributed by atoms with E-state index in [1.165, 1.54) is 6.92 Å². The quantitative estimate of drug-likeness (QED) is 0.700. The number of Topliss-reactive ketones (excluding diaryl/α,β-unsaturated/α-hetero) is 1. The van der Waals surface area contributed by atoms with E-state index in [2.05, 4.69) is 17.9 Å². The van der Waals surface area contributed by atoms with Crippen LogP contribution in [0.4, 0.5) is 0 Å². The van der Waals surface area contributed by atoms with E-state index in [0.717, 1.165) is 0 Å². The molecule has 0 saturated carbocycles. The summed E-state index contributed by atoms with van der Waals surface area (Å²) in [5.74, 6) is -0.196. The first-order chi connectivity index (χ1) is 6.09. The molecular formula is C10H19NO2S. The van der Waals surface area contributed by atoms with Crippen LogP contribution in [-0.2, 0) is 9.59 Å². The first-order valence-corrected chi connectivity index (χ1v) is 5.04. The highest BCUT2D eigenvalue weighted by Crippen LogP contribution is 2.35. The van der Waals surface area contributed by atoms with Gasteiger partial charge < -0.3 is 5.32 Å². The lowest BCUT2D eigenvalue weighted by Crippen LogP contribution is -2.48. The summed E-state index contributed by atoms with van der Waals surface area (Å²) >= 11 is 4.37. The highest BCUT2D eigenvalue weighted by atomic mass is 32.1. The molecule has 82 valence electrons. The summed E-state index contributed by atoms with van der Waals surface area (Å²) in [5, 5.41) is 2.59. The van der Waals surface area contributed by atoms with E-state index in [9.17, 15) is 9.59 Å². The Labute approximate surface area is 91.1 Å². The minimum absolute atomic E-state index is 0.0499. The second kappa shape index (κ2) is 4.34. The van der Waals surface area contributed by atoms with Gasteiger partial charge in [0.05, 0.1) is 12.0 Å². The van der Waals surface area contributed by atoms with Crippen molar-refractivity contribution < 1.29 is 9.59 Å². The molecule has 0 aliphatic carbocycles. The number of carbonyl (C=O) groups excluding carboxylic acids is 2. The molecule has 4 heteroatoms. The number of amides is 1. The highest BCUT2D eigenvalue weighted by molar-refractivity contribution is 7.81. The van der Waals surface area contributed by atoms with E-state index >= 15 is 0 Å². The summed E-state index contributed by atoms with van der Waals surface area (Å²) in [6, 6.07) is 0. The second-order valence-corrected chi connectivity index (χ2v) is 5.69. The maximum atomic E-state index is 11.7. The van der Waals surface area contributed by atoms with Gasteiger partial charge in [0.25, 0.3) is 0 Å². The maximum Gasteiger partial charge on any atom is 0.227 e. The Morgan fingerprint density at radius 3 is 1.93 bits per heavy atom. The van der Waals surface area contributed by atoms with E-state index in [0.29, 0.717) is 0 Å². The van der Waals surface area contributed by atoms with Crippen LogP contribution in [0.1, 0.15) is 34.6 Å². The monoisotopic (exact) mass is 217 g/mol. The lowest BCUT2D eigenvalue weighted by atomic mass is 9.79. The van der Waals surface area contributed by atoms with E-state index in [-0.39, 0.29) is 18.2 Å². The molecule has 0 heterocycles. The Morgan fingerprint density at radius 2 is 1.64 bits per heavy atom. The molecule has 0 aliphatic heterocycles. The van der Waals surface area contributed by atoms with Crippen molar-refractivity contribution >= 4 is 24.3 Å². The summed E-state index contributed by atoms with van der Waals surface area (Å²) in [6.45, 7) is 8.92. The lowest BCUT2D eigenvalue weighted by Gasteiger charge is -2.36. The highest BCUT2D eigenvalue weighted by Gasteiger charge is 2.40. The summed E-state index contributed by atoms with van der Waals surface area (Å²) in [4.78, 5) is 22.4. The molecule has 0 unspecified atom stereocenters. The molecule has 14 heavy (non-hydrogen) atoms. The molecule has 0 aromatic heterocycles. The fourth-order valence-corrected chi connectivity index (χ4v) is 0.805. The summed E-state index contributed by atoms with van der Waals surface area (Å²) in [7, 11) is 0. The number of rotatable bonds is 4. The molecular weight excluding hydrogens is 198 g/mol. The van der Waals surface area contributed by atoms with Crippen LogP contribution in [0, 0.1) is 5.41 Å². The van der Waals surface area contributed by atoms with Crippen molar-refractivity contribution in [2.75, 3.05) is 6.54 Å². The third-order valence-corrected chi connectivity index (χ3v) is 3.15. The fraction of sp³-hybridized carbons (Fsp3) is 0.800. The van der Waals surface area contributed by atoms with Crippen LogP contribution in [-0.4, -0.2) is 23.0 Å². The van der Waals surface area contributed by atoms with E-state index in [4.69, 9.17) is 0 Å². The molecule has 0 aromatic carbocycles. The molecule has 0 radical (unpaired) electrons. The summed E-state index contributed by atoms with van der Waals surface area (Å²) < 4.78 is -0.423. The molecule has 0 atom stereocenters. The Morgan fingerprint density at radius 1 is 1.21 bits per heavy atom. The number of ketones is 1. The van der Waals surface area contributed by atoms with Gasteiger partial charge in [-0.1, -0.05) is 0 Å². The molecule has 0 saturated heterocycles. The molecule has 0 aromatic rings. The number of nitrogens with one attached hydrogen (secondary N) is 1. The number of carbonyl (C=O) groups is 2. The molecule has 0 rings (SSSR count). The van der Waals surface area contributed by atoms with Gasteiger partial charge in [0.1, 0.15) is 5.78 Å². The Hall–Kier alpha value is -0.510. The maximum absolute atomic E-state index is 11.7. The van der Waals surface area contributed by atoms with Crippen LogP contribution in [0.3, 0.4) is 0 Å². The Balaban J connectivity index is 4.45.